The number of Topliss-reactive ketones (excluding diaryl/α,β-unsaturated/α-hetero) is 1. The van der Waals surface area contributed by atoms with Crippen molar-refractivity contribution < 1.29 is 14.4 Å². The van der Waals surface area contributed by atoms with Crippen LogP contribution in [0.2, 0.25) is 0 Å². The van der Waals surface area contributed by atoms with E-state index < -0.39 is 0 Å². The van der Waals surface area contributed by atoms with E-state index in [1.165, 1.54) is 0 Å². The van der Waals surface area contributed by atoms with Crippen molar-refractivity contribution in [2.45, 2.75) is 26.3 Å². The third-order valence-corrected chi connectivity index (χ3v) is 6.00. The molecule has 2 aliphatic rings. The molecule has 0 bridgehead atoms. The van der Waals surface area contributed by atoms with Crippen LogP contribution in [0, 0.1) is 6.92 Å². The van der Waals surface area contributed by atoms with Crippen LogP contribution < -0.4 is 15.1 Å². The first kappa shape index (κ1) is 20.9. The number of anilines is 2. The second-order valence-electron chi connectivity index (χ2n) is 8.27. The molecule has 2 saturated heterocycles. The summed E-state index contributed by atoms with van der Waals surface area (Å²) in [6.45, 7) is 6.75. The van der Waals surface area contributed by atoms with E-state index in [0.717, 1.165) is 30.0 Å². The topological polar surface area (TPSA) is 73.0 Å². The summed E-state index contributed by atoms with van der Waals surface area (Å²) < 4.78 is 0. The Bertz CT molecular complexity index is 963. The summed E-state index contributed by atoms with van der Waals surface area (Å²) in [5, 5.41) is 3.03. The number of hydrogen-bond donors (Lipinski definition) is 1. The molecule has 0 aromatic heterocycles. The van der Waals surface area contributed by atoms with E-state index in [0.29, 0.717) is 31.6 Å². The maximum absolute atomic E-state index is 12.7. The summed E-state index contributed by atoms with van der Waals surface area (Å²) in [5.41, 5.74) is 3.78. The number of ketones is 1. The number of nitrogens with one attached hydrogen (secondary N) is 1. The van der Waals surface area contributed by atoms with Gasteiger partial charge in [-0.15, -0.1) is 0 Å². The van der Waals surface area contributed by atoms with E-state index in [1.807, 2.05) is 55.5 Å². The number of urea groups is 1. The van der Waals surface area contributed by atoms with Crippen molar-refractivity contribution in [3.8, 4) is 0 Å². The van der Waals surface area contributed by atoms with Gasteiger partial charge < -0.3 is 20.0 Å². The first-order valence-electron chi connectivity index (χ1n) is 10.7. The summed E-state index contributed by atoms with van der Waals surface area (Å²) in [4.78, 5) is 42.4. The Balaban J connectivity index is 1.29. The molecule has 7 nitrogen and oxygen atoms in total. The second kappa shape index (κ2) is 8.79. The van der Waals surface area contributed by atoms with Crippen molar-refractivity contribution in [1.82, 2.24) is 10.2 Å². The normalized spacial score (nSPS) is 19.0. The zero-order valence-corrected chi connectivity index (χ0v) is 18.0. The molecule has 0 unspecified atom stereocenters. The molecule has 2 aromatic carbocycles. The number of nitrogens with zero attached hydrogens (tertiary/aromatic N) is 3. The minimum Gasteiger partial charge on any atom is -0.368 e. The number of aryl methyl sites for hydroxylation is 1. The summed E-state index contributed by atoms with van der Waals surface area (Å²) >= 11 is 0. The molecule has 2 aliphatic heterocycles. The average molecular weight is 421 g/mol. The Morgan fingerprint density at radius 3 is 2.13 bits per heavy atom. The number of amides is 3. The van der Waals surface area contributed by atoms with Crippen LogP contribution in [0.1, 0.15) is 29.3 Å². The van der Waals surface area contributed by atoms with Gasteiger partial charge in [0.1, 0.15) is 0 Å². The Morgan fingerprint density at radius 2 is 1.52 bits per heavy atom. The molecule has 31 heavy (non-hydrogen) atoms. The van der Waals surface area contributed by atoms with Crippen molar-refractivity contribution in [2.24, 2.45) is 0 Å². The Kier molecular flexibility index (Phi) is 5.93. The van der Waals surface area contributed by atoms with E-state index in [2.05, 4.69) is 10.2 Å². The number of rotatable bonds is 4. The molecule has 4 rings (SSSR count). The molecule has 2 heterocycles. The predicted octanol–water partition coefficient (Wildman–Crippen LogP) is 2.83. The summed E-state index contributed by atoms with van der Waals surface area (Å²) in [6, 6.07) is 15.2. The minimum absolute atomic E-state index is 0.0352. The minimum atomic E-state index is -0.182. The molecular formula is C24H28N4O3. The molecule has 0 saturated carbocycles. The van der Waals surface area contributed by atoms with Crippen molar-refractivity contribution in [1.29, 1.82) is 0 Å². The van der Waals surface area contributed by atoms with Gasteiger partial charge in [0.05, 0.1) is 6.04 Å². The molecule has 1 N–H and O–H groups in total. The summed E-state index contributed by atoms with van der Waals surface area (Å²) in [7, 11) is 0. The molecule has 2 fully saturated rings. The van der Waals surface area contributed by atoms with E-state index in [-0.39, 0.29) is 23.8 Å². The first-order chi connectivity index (χ1) is 14.9. The molecule has 162 valence electrons. The van der Waals surface area contributed by atoms with Crippen LogP contribution >= 0.6 is 0 Å². The van der Waals surface area contributed by atoms with Gasteiger partial charge in [-0.1, -0.05) is 17.7 Å². The molecule has 7 heteroatoms. The number of hydrogen-bond acceptors (Lipinski definition) is 4. The van der Waals surface area contributed by atoms with Gasteiger partial charge in [0.25, 0.3) is 0 Å². The van der Waals surface area contributed by atoms with Gasteiger partial charge in [0.15, 0.2) is 5.78 Å². The van der Waals surface area contributed by atoms with Crippen LogP contribution in [0.5, 0.6) is 0 Å². The average Bonchev–Trinajstić information content (AvgIpc) is 3.14. The number of carbonyl (C=O) groups excluding carboxylic acids is 3. The summed E-state index contributed by atoms with van der Waals surface area (Å²) in [6.07, 6.45) is 0.322. The van der Waals surface area contributed by atoms with Gasteiger partial charge in [-0.25, -0.2) is 4.79 Å². The van der Waals surface area contributed by atoms with Crippen LogP contribution in [0.25, 0.3) is 0 Å². The third kappa shape index (κ3) is 4.71. The highest BCUT2D eigenvalue weighted by molar-refractivity contribution is 5.97. The SMILES string of the molecule is CC(=O)c1ccc(N2CCN(C(=O)N[C@@H]3CC(=O)N(c4ccc(C)cc4)C3)CC2)cc1. The fraction of sp³-hybridized carbons (Fsp3) is 0.375. The second-order valence-corrected chi connectivity index (χ2v) is 8.27. The molecule has 0 radical (unpaired) electrons. The quantitative estimate of drug-likeness (QED) is 0.772. The monoisotopic (exact) mass is 420 g/mol. The van der Waals surface area contributed by atoms with Crippen molar-refractivity contribution >= 4 is 29.1 Å². The molecule has 0 aliphatic carbocycles. The van der Waals surface area contributed by atoms with Crippen LogP contribution in [0.15, 0.2) is 48.5 Å². The first-order valence-corrected chi connectivity index (χ1v) is 10.7. The number of carbonyl (C=O) groups is 3. The lowest BCUT2D eigenvalue weighted by Crippen LogP contribution is -2.53. The van der Waals surface area contributed by atoms with Crippen LogP contribution in [-0.4, -0.2) is 61.4 Å². The lowest BCUT2D eigenvalue weighted by molar-refractivity contribution is -0.117. The maximum atomic E-state index is 12.7. The lowest BCUT2D eigenvalue weighted by atomic mass is 10.1. The Labute approximate surface area is 182 Å². The van der Waals surface area contributed by atoms with Crippen molar-refractivity contribution in [3.63, 3.8) is 0 Å². The van der Waals surface area contributed by atoms with Crippen LogP contribution in [0.3, 0.4) is 0 Å². The smallest absolute Gasteiger partial charge is 0.317 e. The number of piperazine rings is 1. The van der Waals surface area contributed by atoms with E-state index >= 15 is 0 Å². The van der Waals surface area contributed by atoms with Crippen LogP contribution in [-0.2, 0) is 4.79 Å². The van der Waals surface area contributed by atoms with Gasteiger partial charge in [-0.05, 0) is 50.2 Å². The third-order valence-electron chi connectivity index (χ3n) is 6.00. The standard InChI is InChI=1S/C24H28N4O3/c1-17-3-7-22(8-4-17)28-16-20(15-23(28)30)25-24(31)27-13-11-26(12-14-27)21-9-5-19(6-10-21)18(2)29/h3-10,20H,11-16H2,1-2H3,(H,25,31)/t20-/m1/s1. The Hall–Kier alpha value is -3.35. The number of benzene rings is 2. The fourth-order valence-electron chi connectivity index (χ4n) is 4.12. The fourth-order valence-corrected chi connectivity index (χ4v) is 4.12. The molecule has 0 spiro atoms. The van der Waals surface area contributed by atoms with E-state index in [9.17, 15) is 14.4 Å². The van der Waals surface area contributed by atoms with E-state index in [1.54, 1.807) is 16.7 Å². The molecular weight excluding hydrogens is 392 g/mol. The lowest BCUT2D eigenvalue weighted by Gasteiger charge is -2.36. The van der Waals surface area contributed by atoms with Crippen molar-refractivity contribution in [3.05, 3.63) is 59.7 Å². The van der Waals surface area contributed by atoms with Gasteiger partial charge in [-0.3, -0.25) is 9.59 Å². The highest BCUT2D eigenvalue weighted by Crippen LogP contribution is 2.22. The zero-order valence-electron chi connectivity index (χ0n) is 18.0. The molecule has 3 amide bonds. The Morgan fingerprint density at radius 1 is 0.903 bits per heavy atom. The van der Waals surface area contributed by atoms with Gasteiger partial charge >= 0.3 is 6.03 Å². The van der Waals surface area contributed by atoms with Crippen LogP contribution in [0.4, 0.5) is 16.2 Å². The van der Waals surface area contributed by atoms with Gasteiger partial charge in [0.2, 0.25) is 5.91 Å². The largest absolute Gasteiger partial charge is 0.368 e. The van der Waals surface area contributed by atoms with Gasteiger partial charge in [-0.2, -0.15) is 0 Å². The molecule has 1 atom stereocenters. The van der Waals surface area contributed by atoms with Gasteiger partial charge in [0, 0.05) is 56.1 Å². The predicted molar refractivity (Wildman–Crippen MR) is 121 cm³/mol. The zero-order chi connectivity index (χ0) is 22.0. The summed E-state index contributed by atoms with van der Waals surface area (Å²) in [5.74, 6) is 0.0901. The van der Waals surface area contributed by atoms with E-state index in [4.69, 9.17) is 0 Å². The van der Waals surface area contributed by atoms with Crippen molar-refractivity contribution in [2.75, 3.05) is 42.5 Å². The highest BCUT2D eigenvalue weighted by atomic mass is 16.2. The highest BCUT2D eigenvalue weighted by Gasteiger charge is 2.33. The molecule has 2 aromatic rings. The maximum Gasteiger partial charge on any atom is 0.317 e.